The van der Waals surface area contributed by atoms with Crippen LogP contribution in [-0.4, -0.2) is 25.0 Å². The number of nitrogens with one attached hydrogen (secondary N) is 1. The van der Waals surface area contributed by atoms with E-state index in [-0.39, 0.29) is 5.91 Å². The maximum atomic E-state index is 11.5. The summed E-state index contributed by atoms with van der Waals surface area (Å²) in [6, 6.07) is 4.43. The van der Waals surface area contributed by atoms with Crippen LogP contribution >= 0.6 is 0 Å². The summed E-state index contributed by atoms with van der Waals surface area (Å²) in [7, 11) is 1.31. The molecule has 0 fully saturated rings. The molecule has 0 bridgehead atoms. The van der Waals surface area contributed by atoms with Crippen molar-refractivity contribution in [3.8, 4) is 0 Å². The smallest absolute Gasteiger partial charge is 0.338 e. The van der Waals surface area contributed by atoms with Gasteiger partial charge in [-0.3, -0.25) is 4.79 Å². The van der Waals surface area contributed by atoms with Crippen LogP contribution in [-0.2, 0) is 9.53 Å². The number of carbonyl (C=O) groups is 2. The van der Waals surface area contributed by atoms with Gasteiger partial charge in [-0.05, 0) is 31.5 Å². The van der Waals surface area contributed by atoms with Crippen LogP contribution in [0.5, 0.6) is 0 Å². The fourth-order valence-electron chi connectivity index (χ4n) is 1.35. The summed E-state index contributed by atoms with van der Waals surface area (Å²) in [5, 5.41) is 2.66. The fourth-order valence-corrected chi connectivity index (χ4v) is 1.35. The molecule has 5 heteroatoms. The number of nitrogens with two attached hydrogens (primary N) is 1. The van der Waals surface area contributed by atoms with Crippen LogP contribution in [0.4, 0.5) is 5.69 Å². The molecule has 1 amide bonds. The predicted octanol–water partition coefficient (Wildman–Crippen LogP) is 1.07. The normalized spacial score (nSPS) is 11.8. The van der Waals surface area contributed by atoms with Gasteiger partial charge in [0.1, 0.15) is 0 Å². The lowest BCUT2D eigenvalue weighted by molar-refractivity contribution is -0.117. The first-order valence-corrected chi connectivity index (χ1v) is 5.21. The summed E-state index contributed by atoms with van der Waals surface area (Å²) < 4.78 is 4.65. The van der Waals surface area contributed by atoms with Gasteiger partial charge in [0.2, 0.25) is 5.91 Å². The molecule has 17 heavy (non-hydrogen) atoms. The van der Waals surface area contributed by atoms with Gasteiger partial charge in [-0.1, -0.05) is 6.07 Å². The van der Waals surface area contributed by atoms with Crippen molar-refractivity contribution in [2.45, 2.75) is 19.9 Å². The number of esters is 1. The highest BCUT2D eigenvalue weighted by atomic mass is 16.5. The summed E-state index contributed by atoms with van der Waals surface area (Å²) in [5.74, 6) is -0.727. The number of anilines is 1. The van der Waals surface area contributed by atoms with E-state index in [9.17, 15) is 9.59 Å². The molecule has 0 aliphatic carbocycles. The minimum Gasteiger partial charge on any atom is -0.465 e. The Labute approximate surface area is 99.9 Å². The van der Waals surface area contributed by atoms with Gasteiger partial charge in [-0.15, -0.1) is 0 Å². The number of carbonyl (C=O) groups excluding carboxylic acids is 2. The van der Waals surface area contributed by atoms with E-state index in [0.717, 1.165) is 0 Å². The van der Waals surface area contributed by atoms with E-state index >= 15 is 0 Å². The molecule has 0 spiro atoms. The highest BCUT2D eigenvalue weighted by molar-refractivity contribution is 5.98. The van der Waals surface area contributed by atoms with Crippen LogP contribution in [0.1, 0.15) is 22.8 Å². The standard InChI is InChI=1S/C12H16N2O3/c1-7-9(12(16)17-3)5-4-6-10(7)14-11(15)8(2)13/h4-6,8H,13H2,1-3H3,(H,14,15)/t8-/m1/s1. The van der Waals surface area contributed by atoms with Gasteiger partial charge in [0.15, 0.2) is 0 Å². The maximum absolute atomic E-state index is 11.5. The zero-order valence-corrected chi connectivity index (χ0v) is 10.1. The second-order valence-electron chi connectivity index (χ2n) is 3.75. The molecule has 0 radical (unpaired) electrons. The van der Waals surface area contributed by atoms with Crippen LogP contribution < -0.4 is 11.1 Å². The molecule has 0 aromatic heterocycles. The van der Waals surface area contributed by atoms with Crippen LogP contribution in [0.3, 0.4) is 0 Å². The summed E-state index contributed by atoms with van der Waals surface area (Å²) >= 11 is 0. The lowest BCUT2D eigenvalue weighted by Gasteiger charge is -2.12. The van der Waals surface area contributed by atoms with Gasteiger partial charge >= 0.3 is 5.97 Å². The van der Waals surface area contributed by atoms with Crippen molar-refractivity contribution in [1.82, 2.24) is 0 Å². The van der Waals surface area contributed by atoms with Crippen molar-refractivity contribution in [3.63, 3.8) is 0 Å². The number of hydrogen-bond acceptors (Lipinski definition) is 4. The van der Waals surface area contributed by atoms with Gasteiger partial charge in [0, 0.05) is 5.69 Å². The van der Waals surface area contributed by atoms with Crippen molar-refractivity contribution in [3.05, 3.63) is 29.3 Å². The number of hydrogen-bond donors (Lipinski definition) is 2. The number of methoxy groups -OCH3 is 1. The number of ether oxygens (including phenoxy) is 1. The molecule has 1 rings (SSSR count). The van der Waals surface area contributed by atoms with E-state index in [2.05, 4.69) is 10.1 Å². The van der Waals surface area contributed by atoms with E-state index in [4.69, 9.17) is 5.73 Å². The molecule has 0 heterocycles. The molecule has 92 valence electrons. The molecule has 0 saturated heterocycles. The molecular weight excluding hydrogens is 220 g/mol. The Bertz CT molecular complexity index is 441. The third-order valence-electron chi connectivity index (χ3n) is 2.41. The first-order valence-electron chi connectivity index (χ1n) is 5.21. The molecular formula is C12H16N2O3. The first-order chi connectivity index (χ1) is 7.97. The van der Waals surface area contributed by atoms with E-state index in [1.54, 1.807) is 32.0 Å². The number of amides is 1. The largest absolute Gasteiger partial charge is 0.465 e. The van der Waals surface area contributed by atoms with E-state index in [1.165, 1.54) is 7.11 Å². The molecule has 0 saturated carbocycles. The Kier molecular flexibility index (Phi) is 4.23. The summed E-state index contributed by atoms with van der Waals surface area (Å²) in [6.45, 7) is 3.33. The SMILES string of the molecule is COC(=O)c1cccc(NC(=O)[C@@H](C)N)c1C. The number of rotatable bonds is 3. The lowest BCUT2D eigenvalue weighted by Crippen LogP contribution is -2.32. The van der Waals surface area contributed by atoms with E-state index < -0.39 is 12.0 Å². The van der Waals surface area contributed by atoms with Crippen LogP contribution in [0.15, 0.2) is 18.2 Å². The Morgan fingerprint density at radius 2 is 2.06 bits per heavy atom. The molecule has 5 nitrogen and oxygen atoms in total. The Balaban J connectivity index is 3.02. The van der Waals surface area contributed by atoms with Gasteiger partial charge in [0.05, 0.1) is 18.7 Å². The van der Waals surface area contributed by atoms with Crippen molar-refractivity contribution >= 4 is 17.6 Å². The van der Waals surface area contributed by atoms with Gasteiger partial charge in [0.25, 0.3) is 0 Å². The highest BCUT2D eigenvalue weighted by Crippen LogP contribution is 2.19. The van der Waals surface area contributed by atoms with E-state index in [0.29, 0.717) is 16.8 Å². The Morgan fingerprint density at radius 1 is 1.41 bits per heavy atom. The fraction of sp³-hybridized carbons (Fsp3) is 0.333. The molecule has 1 aromatic carbocycles. The minimum absolute atomic E-state index is 0.296. The third-order valence-corrected chi connectivity index (χ3v) is 2.41. The second-order valence-corrected chi connectivity index (χ2v) is 3.75. The summed E-state index contributed by atoms with van der Waals surface area (Å²) in [5.41, 5.74) is 7.11. The van der Waals surface area contributed by atoms with Crippen molar-refractivity contribution in [1.29, 1.82) is 0 Å². The second kappa shape index (κ2) is 5.45. The molecule has 0 aliphatic heterocycles. The molecule has 1 atom stereocenters. The summed E-state index contributed by atoms with van der Waals surface area (Å²) in [4.78, 5) is 22.9. The average molecular weight is 236 g/mol. The zero-order valence-electron chi connectivity index (χ0n) is 10.1. The number of benzene rings is 1. The molecule has 0 unspecified atom stereocenters. The Morgan fingerprint density at radius 3 is 2.59 bits per heavy atom. The predicted molar refractivity (Wildman–Crippen MR) is 64.8 cm³/mol. The Hall–Kier alpha value is -1.88. The molecule has 1 aromatic rings. The van der Waals surface area contributed by atoms with Crippen molar-refractivity contribution < 1.29 is 14.3 Å². The van der Waals surface area contributed by atoms with Gasteiger partial charge < -0.3 is 15.8 Å². The van der Waals surface area contributed by atoms with Crippen molar-refractivity contribution in [2.75, 3.05) is 12.4 Å². The molecule has 3 N–H and O–H groups in total. The van der Waals surface area contributed by atoms with Gasteiger partial charge in [-0.2, -0.15) is 0 Å². The summed E-state index contributed by atoms with van der Waals surface area (Å²) in [6.07, 6.45) is 0. The zero-order chi connectivity index (χ0) is 13.0. The topological polar surface area (TPSA) is 81.4 Å². The highest BCUT2D eigenvalue weighted by Gasteiger charge is 2.14. The van der Waals surface area contributed by atoms with E-state index in [1.807, 2.05) is 0 Å². The average Bonchev–Trinajstić information content (AvgIpc) is 2.30. The lowest BCUT2D eigenvalue weighted by atomic mass is 10.1. The quantitative estimate of drug-likeness (QED) is 0.769. The van der Waals surface area contributed by atoms with Crippen LogP contribution in [0.25, 0.3) is 0 Å². The minimum atomic E-state index is -0.601. The van der Waals surface area contributed by atoms with Gasteiger partial charge in [-0.25, -0.2) is 4.79 Å². The monoisotopic (exact) mass is 236 g/mol. The van der Waals surface area contributed by atoms with Crippen molar-refractivity contribution in [2.24, 2.45) is 5.73 Å². The molecule has 0 aliphatic rings. The first kappa shape index (κ1) is 13.2. The van der Waals surface area contributed by atoms with Crippen LogP contribution in [0.2, 0.25) is 0 Å². The van der Waals surface area contributed by atoms with Crippen LogP contribution in [0, 0.1) is 6.92 Å². The third kappa shape index (κ3) is 3.04. The maximum Gasteiger partial charge on any atom is 0.338 e.